The molecular weight excluding hydrogens is 200 g/mol. The van der Waals surface area contributed by atoms with Gasteiger partial charge in [0.1, 0.15) is 11.8 Å². The molecular formula is C10H15ClN2O. The molecule has 0 spiro atoms. The fourth-order valence-electron chi connectivity index (χ4n) is 1.04. The summed E-state index contributed by atoms with van der Waals surface area (Å²) in [5, 5.41) is 0.473. The van der Waals surface area contributed by atoms with Crippen molar-refractivity contribution in [3.8, 4) is 0 Å². The maximum atomic E-state index is 5.78. The molecule has 1 aromatic heterocycles. The van der Waals surface area contributed by atoms with Crippen molar-refractivity contribution in [1.82, 2.24) is 9.97 Å². The molecule has 0 N–H and O–H groups in total. The normalized spacial score (nSPS) is 10.9. The molecule has 4 heteroatoms. The topological polar surface area (TPSA) is 35.0 Å². The van der Waals surface area contributed by atoms with Crippen molar-refractivity contribution in [3.05, 3.63) is 22.7 Å². The van der Waals surface area contributed by atoms with E-state index in [1.807, 2.05) is 6.92 Å². The van der Waals surface area contributed by atoms with Crippen molar-refractivity contribution in [1.29, 1.82) is 0 Å². The molecule has 1 heterocycles. The largest absolute Gasteiger partial charge is 0.373 e. The van der Waals surface area contributed by atoms with Crippen LogP contribution in [-0.2, 0) is 11.3 Å². The molecule has 1 rings (SSSR count). The van der Waals surface area contributed by atoms with E-state index < -0.39 is 0 Å². The van der Waals surface area contributed by atoms with Gasteiger partial charge in [-0.1, -0.05) is 25.4 Å². The van der Waals surface area contributed by atoms with Gasteiger partial charge in [0.2, 0.25) is 0 Å². The first kappa shape index (κ1) is 11.4. The van der Waals surface area contributed by atoms with Crippen molar-refractivity contribution in [2.24, 2.45) is 5.92 Å². The Morgan fingerprint density at radius 1 is 1.43 bits per heavy atom. The maximum Gasteiger partial charge on any atom is 0.155 e. The van der Waals surface area contributed by atoms with E-state index in [1.165, 1.54) is 0 Å². The quantitative estimate of drug-likeness (QED) is 0.723. The van der Waals surface area contributed by atoms with Crippen LogP contribution in [0.25, 0.3) is 0 Å². The average molecular weight is 215 g/mol. The van der Waals surface area contributed by atoms with E-state index in [0.717, 1.165) is 12.3 Å². The maximum absolute atomic E-state index is 5.78. The van der Waals surface area contributed by atoms with Crippen LogP contribution in [-0.4, -0.2) is 16.6 Å². The molecule has 0 saturated carbocycles. The van der Waals surface area contributed by atoms with Gasteiger partial charge < -0.3 is 4.74 Å². The third-order valence-electron chi connectivity index (χ3n) is 1.55. The van der Waals surface area contributed by atoms with E-state index in [1.54, 1.807) is 6.07 Å². The summed E-state index contributed by atoms with van der Waals surface area (Å²) in [6.07, 6.45) is 0. The Bertz CT molecular complexity index is 282. The average Bonchev–Trinajstić information content (AvgIpc) is 2.01. The summed E-state index contributed by atoms with van der Waals surface area (Å²) in [5.41, 5.74) is 0.869. The highest BCUT2D eigenvalue weighted by Gasteiger charge is 2.01. The Kier molecular flexibility index (Phi) is 4.29. The highest BCUT2D eigenvalue weighted by atomic mass is 35.5. The molecule has 0 aliphatic rings. The fraction of sp³-hybridized carbons (Fsp3) is 0.600. The molecule has 0 aromatic carbocycles. The van der Waals surface area contributed by atoms with Crippen LogP contribution < -0.4 is 0 Å². The molecule has 0 unspecified atom stereocenters. The highest BCUT2D eigenvalue weighted by Crippen LogP contribution is 2.07. The zero-order chi connectivity index (χ0) is 10.6. The summed E-state index contributed by atoms with van der Waals surface area (Å²) in [7, 11) is 0. The van der Waals surface area contributed by atoms with Crippen LogP contribution in [0, 0.1) is 12.8 Å². The number of aromatic nitrogens is 2. The Morgan fingerprint density at radius 3 is 2.71 bits per heavy atom. The standard InChI is InChI=1S/C10H15ClN2O/c1-7(2)5-14-6-10-12-8(3)4-9(11)13-10/h4,7H,5-6H2,1-3H3. The van der Waals surface area contributed by atoms with Crippen LogP contribution >= 0.6 is 11.6 Å². The van der Waals surface area contributed by atoms with Crippen LogP contribution in [0.15, 0.2) is 6.07 Å². The SMILES string of the molecule is Cc1cc(Cl)nc(COCC(C)C)n1. The number of hydrogen-bond donors (Lipinski definition) is 0. The number of aryl methyl sites for hydroxylation is 1. The molecule has 14 heavy (non-hydrogen) atoms. The van der Waals surface area contributed by atoms with Gasteiger partial charge >= 0.3 is 0 Å². The zero-order valence-corrected chi connectivity index (χ0v) is 9.51. The smallest absolute Gasteiger partial charge is 0.155 e. The summed E-state index contributed by atoms with van der Waals surface area (Å²) in [4.78, 5) is 8.27. The molecule has 0 aliphatic carbocycles. The number of ether oxygens (including phenoxy) is 1. The Morgan fingerprint density at radius 2 is 2.14 bits per heavy atom. The molecule has 3 nitrogen and oxygen atoms in total. The van der Waals surface area contributed by atoms with Gasteiger partial charge in [0.25, 0.3) is 0 Å². The molecule has 0 atom stereocenters. The third kappa shape index (κ3) is 4.03. The Balaban J connectivity index is 2.50. The lowest BCUT2D eigenvalue weighted by atomic mass is 10.2. The van der Waals surface area contributed by atoms with Gasteiger partial charge in [0.15, 0.2) is 5.82 Å². The van der Waals surface area contributed by atoms with Crippen LogP contribution in [0.2, 0.25) is 5.15 Å². The minimum Gasteiger partial charge on any atom is -0.373 e. The minimum atomic E-state index is 0.430. The summed E-state index contributed by atoms with van der Waals surface area (Å²) in [5.74, 6) is 1.17. The second kappa shape index (κ2) is 5.27. The van der Waals surface area contributed by atoms with E-state index in [9.17, 15) is 0 Å². The van der Waals surface area contributed by atoms with Gasteiger partial charge in [-0.25, -0.2) is 9.97 Å². The Labute approximate surface area is 89.5 Å². The summed E-state index contributed by atoms with van der Waals surface area (Å²) >= 11 is 5.78. The highest BCUT2D eigenvalue weighted by molar-refractivity contribution is 6.29. The molecule has 1 aromatic rings. The van der Waals surface area contributed by atoms with Crippen molar-refractivity contribution >= 4 is 11.6 Å². The summed E-state index contributed by atoms with van der Waals surface area (Å²) in [6, 6.07) is 1.73. The first-order chi connectivity index (χ1) is 6.58. The third-order valence-corrected chi connectivity index (χ3v) is 1.75. The van der Waals surface area contributed by atoms with Crippen LogP contribution in [0.5, 0.6) is 0 Å². The van der Waals surface area contributed by atoms with Gasteiger partial charge in [-0.3, -0.25) is 0 Å². The summed E-state index contributed by atoms with van der Waals surface area (Å²) in [6.45, 7) is 7.24. The second-order valence-corrected chi connectivity index (χ2v) is 4.04. The molecule has 0 aliphatic heterocycles. The number of halogens is 1. The van der Waals surface area contributed by atoms with Crippen LogP contribution in [0.4, 0.5) is 0 Å². The van der Waals surface area contributed by atoms with Crippen LogP contribution in [0.3, 0.4) is 0 Å². The summed E-state index contributed by atoms with van der Waals surface area (Å²) < 4.78 is 5.41. The molecule has 78 valence electrons. The van der Waals surface area contributed by atoms with Gasteiger partial charge in [-0.05, 0) is 18.9 Å². The van der Waals surface area contributed by atoms with E-state index in [2.05, 4.69) is 23.8 Å². The lowest BCUT2D eigenvalue weighted by molar-refractivity contribution is 0.0922. The first-order valence-electron chi connectivity index (χ1n) is 4.65. The number of hydrogen-bond acceptors (Lipinski definition) is 3. The predicted molar refractivity (Wildman–Crippen MR) is 56.3 cm³/mol. The van der Waals surface area contributed by atoms with Crippen LogP contribution in [0.1, 0.15) is 25.4 Å². The minimum absolute atomic E-state index is 0.430. The van der Waals surface area contributed by atoms with Gasteiger partial charge in [0.05, 0.1) is 0 Å². The molecule has 0 bridgehead atoms. The monoisotopic (exact) mass is 214 g/mol. The van der Waals surface area contributed by atoms with Crippen molar-refractivity contribution in [3.63, 3.8) is 0 Å². The van der Waals surface area contributed by atoms with Gasteiger partial charge in [-0.2, -0.15) is 0 Å². The van der Waals surface area contributed by atoms with Gasteiger partial charge in [0, 0.05) is 12.3 Å². The molecule has 0 amide bonds. The number of rotatable bonds is 4. The van der Waals surface area contributed by atoms with E-state index in [0.29, 0.717) is 23.5 Å². The van der Waals surface area contributed by atoms with E-state index in [4.69, 9.17) is 16.3 Å². The number of nitrogens with zero attached hydrogens (tertiary/aromatic N) is 2. The Hall–Kier alpha value is -0.670. The molecule has 0 radical (unpaired) electrons. The second-order valence-electron chi connectivity index (χ2n) is 3.66. The lowest BCUT2D eigenvalue weighted by Gasteiger charge is -2.06. The van der Waals surface area contributed by atoms with E-state index >= 15 is 0 Å². The van der Waals surface area contributed by atoms with Crippen molar-refractivity contribution in [2.75, 3.05) is 6.61 Å². The lowest BCUT2D eigenvalue weighted by Crippen LogP contribution is -2.05. The molecule has 0 fully saturated rings. The van der Waals surface area contributed by atoms with Gasteiger partial charge in [-0.15, -0.1) is 0 Å². The zero-order valence-electron chi connectivity index (χ0n) is 8.75. The van der Waals surface area contributed by atoms with Crippen molar-refractivity contribution in [2.45, 2.75) is 27.4 Å². The van der Waals surface area contributed by atoms with Crippen molar-refractivity contribution < 1.29 is 4.74 Å². The predicted octanol–water partition coefficient (Wildman–Crippen LogP) is 2.61. The fourth-order valence-corrected chi connectivity index (χ4v) is 1.29. The first-order valence-corrected chi connectivity index (χ1v) is 5.03. The molecule has 0 saturated heterocycles. The van der Waals surface area contributed by atoms with E-state index in [-0.39, 0.29) is 0 Å².